The number of hydrogen-bond acceptors (Lipinski definition) is 4. The zero-order valence-electron chi connectivity index (χ0n) is 20.5. The van der Waals surface area contributed by atoms with E-state index in [0.717, 1.165) is 12.1 Å². The Morgan fingerprint density at radius 3 is 2.53 bits per heavy atom. The van der Waals surface area contributed by atoms with E-state index in [1.807, 2.05) is 22.7 Å². The van der Waals surface area contributed by atoms with E-state index in [2.05, 4.69) is 94.5 Å². The molecular formula is C30H30N2S2. The minimum absolute atomic E-state index is 0.0573. The molecule has 0 spiro atoms. The lowest BCUT2D eigenvalue weighted by molar-refractivity contribution is 0.596. The molecule has 0 bridgehead atoms. The molecule has 2 nitrogen and oxygen atoms in total. The van der Waals surface area contributed by atoms with Crippen LogP contribution in [-0.2, 0) is 11.8 Å². The van der Waals surface area contributed by atoms with Crippen LogP contribution in [0.3, 0.4) is 0 Å². The maximum absolute atomic E-state index is 5.01. The van der Waals surface area contributed by atoms with Crippen LogP contribution in [0.2, 0.25) is 0 Å². The summed E-state index contributed by atoms with van der Waals surface area (Å²) < 4.78 is 2.72. The first kappa shape index (κ1) is 21.8. The number of nitrogens with one attached hydrogen (secondary N) is 1. The first-order chi connectivity index (χ1) is 16.3. The predicted molar refractivity (Wildman–Crippen MR) is 153 cm³/mol. The minimum atomic E-state index is 0.0573. The van der Waals surface area contributed by atoms with Crippen molar-refractivity contribution in [3.8, 4) is 0 Å². The van der Waals surface area contributed by atoms with Gasteiger partial charge in [0, 0.05) is 30.6 Å². The van der Waals surface area contributed by atoms with Crippen molar-refractivity contribution in [2.24, 2.45) is 10.9 Å². The Morgan fingerprint density at radius 2 is 1.74 bits per heavy atom. The van der Waals surface area contributed by atoms with Gasteiger partial charge in [-0.15, -0.1) is 22.7 Å². The molecule has 3 aromatic carbocycles. The Bertz CT molecular complexity index is 1590. The van der Waals surface area contributed by atoms with Crippen molar-refractivity contribution in [2.75, 3.05) is 12.0 Å². The van der Waals surface area contributed by atoms with E-state index < -0.39 is 0 Å². The van der Waals surface area contributed by atoms with Gasteiger partial charge in [-0.3, -0.25) is 4.99 Å². The molecule has 0 fully saturated rings. The Labute approximate surface area is 209 Å². The van der Waals surface area contributed by atoms with Gasteiger partial charge in [-0.05, 0) is 64.4 Å². The van der Waals surface area contributed by atoms with Gasteiger partial charge in [0.2, 0.25) is 0 Å². The fourth-order valence-corrected chi connectivity index (χ4v) is 7.67. The molecule has 6 rings (SSSR count). The average molecular weight is 483 g/mol. The second kappa shape index (κ2) is 7.93. The van der Waals surface area contributed by atoms with Gasteiger partial charge in [0.05, 0.1) is 16.3 Å². The second-order valence-electron chi connectivity index (χ2n) is 10.8. The molecule has 1 aliphatic heterocycles. The topological polar surface area (TPSA) is 24.4 Å². The third-order valence-electron chi connectivity index (χ3n) is 6.66. The summed E-state index contributed by atoms with van der Waals surface area (Å²) in [5, 5.41) is 9.01. The van der Waals surface area contributed by atoms with Crippen LogP contribution in [0.4, 0.5) is 5.69 Å². The van der Waals surface area contributed by atoms with Crippen molar-refractivity contribution in [3.63, 3.8) is 0 Å². The number of anilines is 1. The van der Waals surface area contributed by atoms with Crippen molar-refractivity contribution in [3.05, 3.63) is 75.5 Å². The molecule has 0 atom stereocenters. The maximum Gasteiger partial charge on any atom is 0.108 e. The fourth-order valence-electron chi connectivity index (χ4n) is 5.16. The highest BCUT2D eigenvalue weighted by Crippen LogP contribution is 2.45. The molecule has 172 valence electrons. The van der Waals surface area contributed by atoms with E-state index in [-0.39, 0.29) is 5.41 Å². The number of aliphatic imine (C=N–C) groups is 1. The van der Waals surface area contributed by atoms with Crippen LogP contribution >= 0.6 is 22.7 Å². The van der Waals surface area contributed by atoms with E-state index in [1.165, 1.54) is 57.5 Å². The number of hydrogen-bond donors (Lipinski definition) is 1. The van der Waals surface area contributed by atoms with Crippen molar-refractivity contribution >= 4 is 65.0 Å². The molecule has 1 N–H and O–H groups in total. The SMILES string of the molecule is CC(C)Cc1cc2c(ccc3sc4c(c32)NCN=C4c2cc(C(C)(C)C)c3ccccc3c2)s1. The molecule has 0 amide bonds. The Balaban J connectivity index is 1.56. The minimum Gasteiger partial charge on any atom is -0.364 e. The van der Waals surface area contributed by atoms with E-state index >= 15 is 0 Å². The molecule has 0 aliphatic carbocycles. The smallest absolute Gasteiger partial charge is 0.108 e. The van der Waals surface area contributed by atoms with Gasteiger partial charge in [-0.1, -0.05) is 58.9 Å². The third kappa shape index (κ3) is 3.55. The van der Waals surface area contributed by atoms with Crippen LogP contribution in [0.5, 0.6) is 0 Å². The molecule has 2 aromatic heterocycles. The van der Waals surface area contributed by atoms with Crippen molar-refractivity contribution in [1.29, 1.82) is 0 Å². The summed E-state index contributed by atoms with van der Waals surface area (Å²) in [5.74, 6) is 0.668. The zero-order valence-corrected chi connectivity index (χ0v) is 22.1. The van der Waals surface area contributed by atoms with Gasteiger partial charge in [-0.25, -0.2) is 0 Å². The third-order valence-corrected chi connectivity index (χ3v) is 8.95. The number of benzene rings is 3. The van der Waals surface area contributed by atoms with Crippen molar-refractivity contribution < 1.29 is 0 Å². The van der Waals surface area contributed by atoms with Crippen LogP contribution in [0.1, 0.15) is 55.5 Å². The van der Waals surface area contributed by atoms with Gasteiger partial charge >= 0.3 is 0 Å². The van der Waals surface area contributed by atoms with E-state index in [4.69, 9.17) is 4.99 Å². The summed E-state index contributed by atoms with van der Waals surface area (Å²) in [6.45, 7) is 12.1. The number of fused-ring (bicyclic) bond motifs is 6. The number of rotatable bonds is 3. The average Bonchev–Trinajstić information content (AvgIpc) is 3.37. The molecule has 5 aromatic rings. The van der Waals surface area contributed by atoms with Crippen LogP contribution in [0, 0.1) is 5.92 Å². The van der Waals surface area contributed by atoms with Crippen LogP contribution in [0.25, 0.3) is 30.9 Å². The van der Waals surface area contributed by atoms with Gasteiger partial charge < -0.3 is 5.32 Å². The molecule has 34 heavy (non-hydrogen) atoms. The molecule has 1 aliphatic rings. The zero-order chi connectivity index (χ0) is 23.6. The number of nitrogens with zero attached hydrogens (tertiary/aromatic N) is 1. The van der Waals surface area contributed by atoms with Crippen molar-refractivity contribution in [1.82, 2.24) is 0 Å². The monoisotopic (exact) mass is 482 g/mol. The quantitative estimate of drug-likeness (QED) is 0.273. The van der Waals surface area contributed by atoms with Crippen LogP contribution in [-0.4, -0.2) is 12.4 Å². The first-order valence-electron chi connectivity index (χ1n) is 12.1. The summed E-state index contributed by atoms with van der Waals surface area (Å²) in [4.78, 5) is 7.75. The Kier molecular flexibility index (Phi) is 5.09. The normalized spacial score (nSPS) is 14.1. The summed E-state index contributed by atoms with van der Waals surface area (Å²) in [6, 6.07) is 20.5. The maximum atomic E-state index is 5.01. The Hall–Kier alpha value is -2.69. The van der Waals surface area contributed by atoms with Gasteiger partial charge in [0.15, 0.2) is 0 Å². The van der Waals surface area contributed by atoms with Crippen LogP contribution < -0.4 is 5.32 Å². The molecule has 0 unspecified atom stereocenters. The van der Waals surface area contributed by atoms with Gasteiger partial charge in [-0.2, -0.15) is 0 Å². The molecule has 3 heterocycles. The largest absolute Gasteiger partial charge is 0.364 e. The highest BCUT2D eigenvalue weighted by molar-refractivity contribution is 7.23. The molecular weight excluding hydrogens is 452 g/mol. The van der Waals surface area contributed by atoms with Gasteiger partial charge in [0.1, 0.15) is 6.67 Å². The second-order valence-corrected chi connectivity index (χ2v) is 13.0. The highest BCUT2D eigenvalue weighted by Gasteiger charge is 2.25. The first-order valence-corrected chi connectivity index (χ1v) is 13.7. The fraction of sp³-hybridized carbons (Fsp3) is 0.300. The Morgan fingerprint density at radius 1 is 0.941 bits per heavy atom. The highest BCUT2D eigenvalue weighted by atomic mass is 32.1. The summed E-state index contributed by atoms with van der Waals surface area (Å²) >= 11 is 3.82. The molecule has 0 radical (unpaired) electrons. The molecule has 0 saturated heterocycles. The van der Waals surface area contributed by atoms with Crippen LogP contribution in [0.15, 0.2) is 59.6 Å². The number of thiophene rings is 2. The van der Waals surface area contributed by atoms with E-state index in [1.54, 1.807) is 0 Å². The standard InChI is InChI=1S/C30H30N2S2/c1-17(2)12-20-15-22-24(33-20)10-11-25-26(22)28-29(34-25)27(31-16-32-28)19-13-18-8-6-7-9-21(18)23(14-19)30(3,4)5/h6-11,13-15,17,32H,12,16H2,1-5H3. The van der Waals surface area contributed by atoms with Crippen molar-refractivity contribution in [2.45, 2.75) is 46.5 Å². The predicted octanol–water partition coefficient (Wildman–Crippen LogP) is 8.99. The lowest BCUT2D eigenvalue weighted by Gasteiger charge is -2.24. The van der Waals surface area contributed by atoms with E-state index in [0.29, 0.717) is 12.6 Å². The lowest BCUT2D eigenvalue weighted by atomic mass is 9.82. The summed E-state index contributed by atoms with van der Waals surface area (Å²) in [7, 11) is 0. The van der Waals surface area contributed by atoms with E-state index in [9.17, 15) is 0 Å². The molecule has 0 saturated carbocycles. The molecule has 4 heteroatoms. The lowest BCUT2D eigenvalue weighted by Crippen LogP contribution is -2.17. The summed E-state index contributed by atoms with van der Waals surface area (Å²) in [6.07, 6.45) is 1.14. The summed E-state index contributed by atoms with van der Waals surface area (Å²) in [5.41, 5.74) is 5.04. The van der Waals surface area contributed by atoms with Gasteiger partial charge in [0.25, 0.3) is 0 Å².